The Balaban J connectivity index is 1.30. The molecule has 2 aromatic carbocycles. The molecule has 0 radical (unpaired) electrons. The highest BCUT2D eigenvalue weighted by Gasteiger charge is 2.72. The van der Waals surface area contributed by atoms with Gasteiger partial charge in [0, 0.05) is 18.3 Å². The predicted octanol–water partition coefficient (Wildman–Crippen LogP) is 4.28. The molecule has 6 rings (SSSR count). The highest BCUT2D eigenvalue weighted by atomic mass is 16.5. The van der Waals surface area contributed by atoms with E-state index in [-0.39, 0.29) is 30.3 Å². The third-order valence-corrected chi connectivity index (χ3v) is 10.3. The summed E-state index contributed by atoms with van der Waals surface area (Å²) in [5, 5.41) is 6.33. The first-order valence-corrected chi connectivity index (χ1v) is 15.7. The van der Waals surface area contributed by atoms with Crippen LogP contribution in [0.3, 0.4) is 0 Å². The van der Waals surface area contributed by atoms with Crippen LogP contribution < -0.4 is 20.1 Å². The summed E-state index contributed by atoms with van der Waals surface area (Å²) in [5.41, 5.74) is 1.42. The number of fused-ring (bicyclic) bond motifs is 1. The third-order valence-electron chi connectivity index (χ3n) is 10.3. The van der Waals surface area contributed by atoms with E-state index in [1.54, 1.807) is 19.1 Å². The number of hydrogen-bond acceptors (Lipinski definition) is 6. The smallest absolute Gasteiger partial charge is 0.246 e. The van der Waals surface area contributed by atoms with Crippen molar-refractivity contribution in [3.8, 4) is 11.5 Å². The zero-order valence-electron chi connectivity index (χ0n) is 26.2. The summed E-state index contributed by atoms with van der Waals surface area (Å²) in [5.74, 6) is -0.234. The van der Waals surface area contributed by atoms with Gasteiger partial charge in [0.1, 0.15) is 11.6 Å². The fourth-order valence-corrected chi connectivity index (χ4v) is 7.79. The highest BCUT2D eigenvalue weighted by Crippen LogP contribution is 2.55. The number of benzene rings is 2. The maximum atomic E-state index is 14.4. The van der Waals surface area contributed by atoms with Gasteiger partial charge in [-0.2, -0.15) is 0 Å². The molecule has 3 amide bonds. The maximum absolute atomic E-state index is 14.4. The second-order valence-electron chi connectivity index (χ2n) is 12.9. The van der Waals surface area contributed by atoms with Gasteiger partial charge in [-0.25, -0.2) is 0 Å². The summed E-state index contributed by atoms with van der Waals surface area (Å²) in [6.45, 7) is 6.67. The molecule has 9 nitrogen and oxygen atoms in total. The molecule has 3 fully saturated rings. The normalized spacial score (nSPS) is 32.0. The van der Waals surface area contributed by atoms with Crippen LogP contribution >= 0.6 is 0 Å². The Morgan fingerprint density at radius 1 is 1.05 bits per heavy atom. The zero-order valence-corrected chi connectivity index (χ0v) is 26.2. The number of anilines is 1. The van der Waals surface area contributed by atoms with Crippen LogP contribution in [0.5, 0.6) is 11.5 Å². The van der Waals surface area contributed by atoms with Crippen molar-refractivity contribution in [3.63, 3.8) is 0 Å². The number of rotatable bonds is 9. The summed E-state index contributed by atoms with van der Waals surface area (Å²) in [6, 6.07) is 12.4. The van der Waals surface area contributed by atoms with Gasteiger partial charge < -0.3 is 29.7 Å². The fourth-order valence-electron chi connectivity index (χ4n) is 7.79. The van der Waals surface area contributed by atoms with Crippen molar-refractivity contribution >= 4 is 23.4 Å². The quantitative estimate of drug-likeness (QED) is 0.416. The summed E-state index contributed by atoms with van der Waals surface area (Å²) < 4.78 is 17.4. The second kappa shape index (κ2) is 11.9. The van der Waals surface area contributed by atoms with Crippen molar-refractivity contribution in [3.05, 3.63) is 65.7 Å². The van der Waals surface area contributed by atoms with E-state index in [1.807, 2.05) is 61.5 Å². The Morgan fingerprint density at radius 2 is 1.84 bits per heavy atom. The van der Waals surface area contributed by atoms with Gasteiger partial charge in [0.15, 0.2) is 11.5 Å². The zero-order chi connectivity index (χ0) is 31.2. The van der Waals surface area contributed by atoms with Crippen molar-refractivity contribution in [1.82, 2.24) is 10.2 Å². The minimum absolute atomic E-state index is 0.0208. The largest absolute Gasteiger partial charge is 0.493 e. The standard InChI is InChI=1S/C35H43N3O6/c1-20-8-6-10-24(18-20)36-32(39)29-27-14-16-35(44-27)30(29)34(41)38(17-15-23-12-13-26(42-4)28(19-23)43-5)31(35)33(40)37-25-11-7-9-21(2)22(25)3/h6,8,10,12-14,16,18-19,21-22,25,27,29-31H,7,9,11,15,17H2,1-5H3,(H,36,39)(H,37,40). The number of methoxy groups -OCH3 is 2. The molecule has 234 valence electrons. The molecular formula is C35H43N3O6. The van der Waals surface area contributed by atoms with E-state index in [0.29, 0.717) is 35.4 Å². The molecule has 1 aliphatic carbocycles. The van der Waals surface area contributed by atoms with Gasteiger partial charge in [-0.05, 0) is 67.0 Å². The third kappa shape index (κ3) is 5.15. The lowest BCUT2D eigenvalue weighted by Gasteiger charge is -2.38. The Hall–Kier alpha value is -3.85. The predicted molar refractivity (Wildman–Crippen MR) is 166 cm³/mol. The van der Waals surface area contributed by atoms with Crippen molar-refractivity contribution in [2.75, 3.05) is 26.1 Å². The number of nitrogens with one attached hydrogen (secondary N) is 2. The minimum atomic E-state index is -1.21. The summed E-state index contributed by atoms with van der Waals surface area (Å²) in [6.07, 6.45) is 6.73. The van der Waals surface area contributed by atoms with E-state index in [0.717, 1.165) is 30.4 Å². The van der Waals surface area contributed by atoms with Crippen molar-refractivity contribution in [2.45, 2.75) is 70.2 Å². The first-order chi connectivity index (χ1) is 21.2. The number of nitrogens with zero attached hydrogens (tertiary/aromatic N) is 1. The monoisotopic (exact) mass is 601 g/mol. The number of carbonyl (C=O) groups excluding carboxylic acids is 3. The molecule has 1 spiro atoms. The van der Waals surface area contributed by atoms with E-state index < -0.39 is 29.6 Å². The molecule has 2 saturated heterocycles. The van der Waals surface area contributed by atoms with Crippen LogP contribution in [0.25, 0.3) is 0 Å². The number of carbonyl (C=O) groups is 3. The average Bonchev–Trinajstić information content (AvgIpc) is 3.65. The molecule has 1 saturated carbocycles. The maximum Gasteiger partial charge on any atom is 0.246 e. The van der Waals surface area contributed by atoms with Gasteiger partial charge in [-0.1, -0.05) is 57.0 Å². The van der Waals surface area contributed by atoms with Gasteiger partial charge in [-0.15, -0.1) is 0 Å². The first-order valence-electron chi connectivity index (χ1n) is 15.7. The summed E-state index contributed by atoms with van der Waals surface area (Å²) >= 11 is 0. The van der Waals surface area contributed by atoms with Gasteiger partial charge in [0.05, 0.1) is 32.2 Å². The van der Waals surface area contributed by atoms with Crippen LogP contribution in [0, 0.1) is 30.6 Å². The van der Waals surface area contributed by atoms with Crippen molar-refractivity contribution in [1.29, 1.82) is 0 Å². The number of likely N-dealkylation sites (tertiary alicyclic amines) is 1. The van der Waals surface area contributed by atoms with Gasteiger partial charge >= 0.3 is 0 Å². The highest BCUT2D eigenvalue weighted by molar-refractivity contribution is 6.02. The van der Waals surface area contributed by atoms with Crippen LogP contribution in [0.4, 0.5) is 5.69 Å². The van der Waals surface area contributed by atoms with E-state index in [9.17, 15) is 14.4 Å². The van der Waals surface area contributed by atoms with E-state index in [1.165, 1.54) is 0 Å². The first kappa shape index (κ1) is 30.2. The fraction of sp³-hybridized carbons (Fsp3) is 0.514. The Labute approximate surface area is 259 Å². The molecule has 0 aromatic heterocycles. The number of aryl methyl sites for hydroxylation is 1. The number of hydrogen-bond donors (Lipinski definition) is 2. The van der Waals surface area contributed by atoms with Crippen LogP contribution in [0.15, 0.2) is 54.6 Å². The second-order valence-corrected chi connectivity index (χ2v) is 12.9. The van der Waals surface area contributed by atoms with E-state index in [2.05, 4.69) is 24.5 Å². The molecule has 3 heterocycles. The van der Waals surface area contributed by atoms with Crippen LogP contribution in [0.2, 0.25) is 0 Å². The molecule has 3 aliphatic heterocycles. The number of ether oxygens (including phenoxy) is 3. The van der Waals surface area contributed by atoms with Gasteiger partial charge in [0.25, 0.3) is 0 Å². The molecule has 2 aromatic rings. The molecular weight excluding hydrogens is 558 g/mol. The van der Waals surface area contributed by atoms with Gasteiger partial charge in [-0.3, -0.25) is 14.4 Å². The Bertz CT molecular complexity index is 1470. The minimum Gasteiger partial charge on any atom is -0.493 e. The summed E-state index contributed by atoms with van der Waals surface area (Å²) in [4.78, 5) is 44.1. The molecule has 8 atom stereocenters. The van der Waals surface area contributed by atoms with E-state index >= 15 is 0 Å². The van der Waals surface area contributed by atoms with Crippen molar-refractivity contribution in [2.24, 2.45) is 23.7 Å². The van der Waals surface area contributed by atoms with Crippen LogP contribution in [-0.4, -0.2) is 67.2 Å². The van der Waals surface area contributed by atoms with E-state index in [4.69, 9.17) is 14.2 Å². The summed E-state index contributed by atoms with van der Waals surface area (Å²) in [7, 11) is 3.17. The lowest BCUT2D eigenvalue weighted by atomic mass is 9.73. The molecule has 8 unspecified atom stereocenters. The molecule has 9 heteroatoms. The topological polar surface area (TPSA) is 106 Å². The van der Waals surface area contributed by atoms with Crippen LogP contribution in [0.1, 0.15) is 44.2 Å². The Kier molecular flexibility index (Phi) is 8.18. The van der Waals surface area contributed by atoms with Gasteiger partial charge in [0.2, 0.25) is 17.7 Å². The lowest BCUT2D eigenvalue weighted by Crippen LogP contribution is -2.58. The SMILES string of the molecule is COc1ccc(CCN2C(=O)C3C(C(=O)Nc4cccc(C)c4)C4C=CC3(O4)C2C(=O)NC2CCCC(C)C2C)cc1OC. The lowest BCUT2D eigenvalue weighted by molar-refractivity contribution is -0.141. The molecule has 2 bridgehead atoms. The molecule has 2 N–H and O–H groups in total. The average molecular weight is 602 g/mol. The number of amides is 3. The van der Waals surface area contributed by atoms with Crippen LogP contribution in [-0.2, 0) is 25.5 Å². The molecule has 4 aliphatic rings. The molecule has 44 heavy (non-hydrogen) atoms. The van der Waals surface area contributed by atoms with Crippen molar-refractivity contribution < 1.29 is 28.6 Å². The Morgan fingerprint density at radius 3 is 2.59 bits per heavy atom.